The van der Waals surface area contributed by atoms with Crippen LogP contribution in [0.2, 0.25) is 0 Å². The first-order chi connectivity index (χ1) is 8.69. The number of nitrogens with zero attached hydrogens (tertiary/aromatic N) is 1. The predicted molar refractivity (Wildman–Crippen MR) is 64.5 cm³/mol. The molecule has 0 saturated carbocycles. The van der Waals surface area contributed by atoms with Crippen molar-refractivity contribution in [3.8, 4) is 0 Å². The second kappa shape index (κ2) is 5.29. The minimum absolute atomic E-state index is 0.205. The van der Waals surface area contributed by atoms with E-state index in [-0.39, 0.29) is 24.5 Å². The highest BCUT2D eigenvalue weighted by molar-refractivity contribution is 6.21. The van der Waals surface area contributed by atoms with Crippen LogP contribution < -0.4 is 0 Å². The molecule has 1 unspecified atom stereocenters. The Kier molecular flexibility index (Phi) is 3.74. The van der Waals surface area contributed by atoms with Crippen LogP contribution in [0.4, 0.5) is 0 Å². The Morgan fingerprint density at radius 2 is 1.67 bits per heavy atom. The monoisotopic (exact) mass is 249 g/mol. The van der Waals surface area contributed by atoms with Crippen molar-refractivity contribution in [1.29, 1.82) is 0 Å². The normalized spacial score (nSPS) is 16.0. The molecule has 1 atom stereocenters. The van der Waals surface area contributed by atoms with Gasteiger partial charge in [0.2, 0.25) is 0 Å². The molecule has 0 bridgehead atoms. The molecule has 0 fully saturated rings. The molecule has 96 valence electrons. The summed E-state index contributed by atoms with van der Waals surface area (Å²) in [7, 11) is 3.08. The van der Waals surface area contributed by atoms with Crippen LogP contribution >= 0.6 is 0 Å². The van der Waals surface area contributed by atoms with Gasteiger partial charge in [-0.2, -0.15) is 0 Å². The molecule has 2 rings (SSSR count). The van der Waals surface area contributed by atoms with E-state index in [1.165, 1.54) is 12.0 Å². The number of carbonyl (C=O) groups is 2. The molecule has 2 amide bonds. The van der Waals surface area contributed by atoms with Gasteiger partial charge in [0, 0.05) is 14.2 Å². The zero-order valence-electron chi connectivity index (χ0n) is 10.4. The van der Waals surface area contributed by atoms with Crippen molar-refractivity contribution >= 4 is 11.8 Å². The molecule has 1 aliphatic heterocycles. The van der Waals surface area contributed by atoms with Crippen molar-refractivity contribution in [2.24, 2.45) is 0 Å². The summed E-state index contributed by atoms with van der Waals surface area (Å²) < 4.78 is 10.2. The molecule has 0 spiro atoms. The average molecular weight is 249 g/mol. The summed E-state index contributed by atoms with van der Waals surface area (Å²) in [6.45, 7) is 0.542. The fraction of sp³-hybridized carbons (Fsp3) is 0.385. The van der Waals surface area contributed by atoms with E-state index in [0.29, 0.717) is 17.7 Å². The molecule has 18 heavy (non-hydrogen) atoms. The number of ether oxygens (including phenoxy) is 2. The molecular weight excluding hydrogens is 234 g/mol. The van der Waals surface area contributed by atoms with Gasteiger partial charge < -0.3 is 9.47 Å². The van der Waals surface area contributed by atoms with Gasteiger partial charge in [-0.1, -0.05) is 12.1 Å². The second-order valence-corrected chi connectivity index (χ2v) is 4.08. The maximum atomic E-state index is 12.1. The van der Waals surface area contributed by atoms with Crippen molar-refractivity contribution in [3.05, 3.63) is 35.4 Å². The lowest BCUT2D eigenvalue weighted by Crippen LogP contribution is -2.39. The molecule has 5 nitrogen and oxygen atoms in total. The average Bonchev–Trinajstić information content (AvgIpc) is 2.64. The summed E-state index contributed by atoms with van der Waals surface area (Å²) in [4.78, 5) is 25.3. The molecule has 1 aromatic carbocycles. The molecule has 1 heterocycles. The first-order valence-corrected chi connectivity index (χ1v) is 5.66. The smallest absolute Gasteiger partial charge is 0.261 e. The molecule has 0 radical (unpaired) electrons. The number of rotatable bonds is 5. The van der Waals surface area contributed by atoms with E-state index in [1.807, 2.05) is 0 Å². The van der Waals surface area contributed by atoms with Crippen LogP contribution in [-0.4, -0.2) is 50.2 Å². The number of imide groups is 1. The number of methoxy groups -OCH3 is 2. The number of hydrogen-bond donors (Lipinski definition) is 0. The molecule has 0 saturated heterocycles. The zero-order valence-corrected chi connectivity index (χ0v) is 10.4. The minimum Gasteiger partial charge on any atom is -0.382 e. The molecule has 1 aliphatic rings. The van der Waals surface area contributed by atoms with Gasteiger partial charge in [0.25, 0.3) is 11.8 Å². The fourth-order valence-corrected chi connectivity index (χ4v) is 1.99. The maximum absolute atomic E-state index is 12.1. The van der Waals surface area contributed by atoms with Crippen LogP contribution in [0.25, 0.3) is 0 Å². The maximum Gasteiger partial charge on any atom is 0.261 e. The molecule has 0 aromatic heterocycles. The van der Waals surface area contributed by atoms with Gasteiger partial charge in [-0.25, -0.2) is 0 Å². The Balaban J connectivity index is 2.18. The minimum atomic E-state index is -0.308. The first kappa shape index (κ1) is 12.7. The predicted octanol–water partition coefficient (Wildman–Crippen LogP) is 0.944. The summed E-state index contributed by atoms with van der Waals surface area (Å²) in [6, 6.07) is 6.81. The van der Waals surface area contributed by atoms with Gasteiger partial charge in [0.1, 0.15) is 0 Å². The van der Waals surface area contributed by atoms with Crippen LogP contribution in [-0.2, 0) is 9.47 Å². The van der Waals surface area contributed by atoms with E-state index in [0.717, 1.165) is 0 Å². The molecule has 0 aliphatic carbocycles. The van der Waals surface area contributed by atoms with Crippen LogP contribution in [0.5, 0.6) is 0 Å². The van der Waals surface area contributed by atoms with Crippen molar-refractivity contribution in [2.45, 2.75) is 6.10 Å². The number of carbonyl (C=O) groups excluding carboxylic acids is 2. The van der Waals surface area contributed by atoms with Crippen LogP contribution in [0.15, 0.2) is 24.3 Å². The largest absolute Gasteiger partial charge is 0.382 e. The van der Waals surface area contributed by atoms with Gasteiger partial charge in [0.15, 0.2) is 0 Å². The fourth-order valence-electron chi connectivity index (χ4n) is 1.99. The summed E-state index contributed by atoms with van der Waals surface area (Å²) in [5.41, 5.74) is 0.907. The lowest BCUT2D eigenvalue weighted by atomic mass is 10.1. The molecular formula is C13H15NO4. The van der Waals surface area contributed by atoms with E-state index in [1.54, 1.807) is 31.4 Å². The lowest BCUT2D eigenvalue weighted by molar-refractivity contribution is 0.00914. The van der Waals surface area contributed by atoms with Gasteiger partial charge in [-0.3, -0.25) is 14.5 Å². The summed E-state index contributed by atoms with van der Waals surface area (Å²) in [5, 5.41) is 0. The van der Waals surface area contributed by atoms with E-state index in [9.17, 15) is 9.59 Å². The van der Waals surface area contributed by atoms with Gasteiger partial charge in [-0.05, 0) is 12.1 Å². The van der Waals surface area contributed by atoms with Crippen LogP contribution in [0.3, 0.4) is 0 Å². The lowest BCUT2D eigenvalue weighted by Gasteiger charge is -2.20. The van der Waals surface area contributed by atoms with E-state index in [4.69, 9.17) is 9.47 Å². The Hall–Kier alpha value is -1.72. The quantitative estimate of drug-likeness (QED) is 0.729. The molecule has 5 heteroatoms. The third kappa shape index (κ3) is 2.14. The number of benzene rings is 1. The van der Waals surface area contributed by atoms with E-state index >= 15 is 0 Å². The van der Waals surface area contributed by atoms with Crippen molar-refractivity contribution in [2.75, 3.05) is 27.4 Å². The number of amides is 2. The molecule has 0 N–H and O–H groups in total. The highest BCUT2D eigenvalue weighted by Gasteiger charge is 2.36. The third-order valence-corrected chi connectivity index (χ3v) is 2.95. The standard InChI is InChI=1S/C13H15NO4/c1-17-8-9(18-2)7-14-12(15)10-5-3-4-6-11(10)13(14)16/h3-6,9H,7-8H2,1-2H3. The van der Waals surface area contributed by atoms with E-state index in [2.05, 4.69) is 0 Å². The highest BCUT2D eigenvalue weighted by Crippen LogP contribution is 2.22. The number of hydrogen-bond acceptors (Lipinski definition) is 4. The van der Waals surface area contributed by atoms with E-state index < -0.39 is 0 Å². The van der Waals surface area contributed by atoms with Gasteiger partial charge in [-0.15, -0.1) is 0 Å². The SMILES string of the molecule is COCC(CN1C(=O)c2ccccc2C1=O)OC. The van der Waals surface area contributed by atoms with Gasteiger partial charge >= 0.3 is 0 Å². The Bertz CT molecular complexity index is 437. The second-order valence-electron chi connectivity index (χ2n) is 4.08. The molecule has 1 aromatic rings. The number of fused-ring (bicyclic) bond motifs is 1. The van der Waals surface area contributed by atoms with Crippen molar-refractivity contribution < 1.29 is 19.1 Å². The Labute approximate surface area is 105 Å². The van der Waals surface area contributed by atoms with Crippen molar-refractivity contribution in [1.82, 2.24) is 4.90 Å². The van der Waals surface area contributed by atoms with Crippen LogP contribution in [0.1, 0.15) is 20.7 Å². The van der Waals surface area contributed by atoms with Gasteiger partial charge in [0.05, 0.1) is 30.4 Å². The zero-order chi connectivity index (χ0) is 13.1. The third-order valence-electron chi connectivity index (χ3n) is 2.95. The Morgan fingerprint density at radius 1 is 1.11 bits per heavy atom. The summed E-state index contributed by atoms with van der Waals surface area (Å²) in [6.07, 6.45) is -0.308. The Morgan fingerprint density at radius 3 is 2.11 bits per heavy atom. The highest BCUT2D eigenvalue weighted by atomic mass is 16.5. The summed E-state index contributed by atoms with van der Waals surface area (Å²) in [5.74, 6) is -0.539. The van der Waals surface area contributed by atoms with Crippen LogP contribution in [0, 0.1) is 0 Å². The van der Waals surface area contributed by atoms with Crippen molar-refractivity contribution in [3.63, 3.8) is 0 Å². The summed E-state index contributed by atoms with van der Waals surface area (Å²) >= 11 is 0. The topological polar surface area (TPSA) is 55.8 Å². The first-order valence-electron chi connectivity index (χ1n) is 5.66.